The highest BCUT2D eigenvalue weighted by atomic mass is 19.2. The third-order valence-electron chi connectivity index (χ3n) is 3.37. The van der Waals surface area contributed by atoms with Crippen LogP contribution in [0, 0.1) is 17.5 Å². The van der Waals surface area contributed by atoms with Gasteiger partial charge in [0.15, 0.2) is 17.5 Å². The van der Waals surface area contributed by atoms with Crippen LogP contribution in [0.3, 0.4) is 0 Å². The van der Waals surface area contributed by atoms with Gasteiger partial charge in [-0.15, -0.1) is 0 Å². The Kier molecular flexibility index (Phi) is 5.76. The molecular weight excluding hydrogens is 305 g/mol. The van der Waals surface area contributed by atoms with Crippen molar-refractivity contribution in [3.63, 3.8) is 0 Å². The number of carbonyl (C=O) groups is 1. The number of nitrogens with zero attached hydrogens (tertiary/aromatic N) is 1. The van der Waals surface area contributed by atoms with Crippen molar-refractivity contribution in [3.8, 4) is 0 Å². The van der Waals surface area contributed by atoms with E-state index in [1.807, 2.05) is 42.2 Å². The van der Waals surface area contributed by atoms with Crippen LogP contribution in [0.25, 0.3) is 0 Å². The van der Waals surface area contributed by atoms with Crippen LogP contribution >= 0.6 is 0 Å². The maximum atomic E-state index is 13.5. The Morgan fingerprint density at radius 2 is 1.74 bits per heavy atom. The van der Waals surface area contributed by atoms with Crippen LogP contribution in [-0.4, -0.2) is 23.9 Å². The first-order chi connectivity index (χ1) is 11.0. The van der Waals surface area contributed by atoms with Crippen molar-refractivity contribution in [2.24, 2.45) is 0 Å². The molecule has 0 spiro atoms. The minimum Gasteiger partial charge on any atom is -0.322 e. The van der Waals surface area contributed by atoms with E-state index in [2.05, 4.69) is 5.32 Å². The van der Waals surface area contributed by atoms with Gasteiger partial charge in [-0.2, -0.15) is 0 Å². The fourth-order valence-corrected chi connectivity index (χ4v) is 2.14. The zero-order chi connectivity index (χ0) is 16.8. The van der Waals surface area contributed by atoms with E-state index in [1.165, 1.54) is 0 Å². The van der Waals surface area contributed by atoms with Gasteiger partial charge in [0.05, 0.1) is 12.2 Å². The molecule has 0 unspecified atom stereocenters. The Labute approximate surface area is 132 Å². The van der Waals surface area contributed by atoms with E-state index in [4.69, 9.17) is 0 Å². The highest BCUT2D eigenvalue weighted by Gasteiger charge is 2.16. The van der Waals surface area contributed by atoms with Gasteiger partial charge in [-0.1, -0.05) is 37.3 Å². The molecule has 2 rings (SSSR count). The summed E-state index contributed by atoms with van der Waals surface area (Å²) in [6, 6.07) is 11.4. The highest BCUT2D eigenvalue weighted by Crippen LogP contribution is 2.19. The number of amides is 1. The van der Waals surface area contributed by atoms with Crippen LogP contribution in [0.2, 0.25) is 0 Å². The molecule has 0 fully saturated rings. The topological polar surface area (TPSA) is 32.3 Å². The van der Waals surface area contributed by atoms with Crippen molar-refractivity contribution in [2.45, 2.75) is 13.5 Å². The summed E-state index contributed by atoms with van der Waals surface area (Å²) in [5.41, 5.74) is 0.672. The van der Waals surface area contributed by atoms with Gasteiger partial charge in [0, 0.05) is 6.54 Å². The van der Waals surface area contributed by atoms with E-state index in [1.54, 1.807) is 0 Å². The van der Waals surface area contributed by atoms with E-state index in [0.717, 1.165) is 17.7 Å². The van der Waals surface area contributed by atoms with E-state index in [0.29, 0.717) is 13.1 Å². The number of halogens is 3. The highest BCUT2D eigenvalue weighted by molar-refractivity contribution is 5.92. The minimum absolute atomic E-state index is 0.0177. The quantitative estimate of drug-likeness (QED) is 0.825. The molecule has 0 bridgehead atoms. The van der Waals surface area contributed by atoms with Crippen molar-refractivity contribution in [2.75, 3.05) is 18.4 Å². The number of carbonyl (C=O) groups excluding carboxylic acids is 1. The van der Waals surface area contributed by atoms with Crippen LogP contribution in [0.4, 0.5) is 18.9 Å². The third-order valence-corrected chi connectivity index (χ3v) is 3.37. The largest absolute Gasteiger partial charge is 0.322 e. The van der Waals surface area contributed by atoms with Crippen LogP contribution in [0.15, 0.2) is 42.5 Å². The molecule has 0 saturated carbocycles. The maximum Gasteiger partial charge on any atom is 0.238 e. The molecule has 0 aliphatic rings. The molecule has 6 heteroatoms. The van der Waals surface area contributed by atoms with Gasteiger partial charge in [0.1, 0.15) is 0 Å². The zero-order valence-electron chi connectivity index (χ0n) is 12.7. The summed E-state index contributed by atoms with van der Waals surface area (Å²) in [7, 11) is 0. The molecular formula is C17H17F3N2O. The summed E-state index contributed by atoms with van der Waals surface area (Å²) in [4.78, 5) is 13.8. The van der Waals surface area contributed by atoms with Gasteiger partial charge in [-0.05, 0) is 24.2 Å². The van der Waals surface area contributed by atoms with Crippen LogP contribution in [0.1, 0.15) is 12.5 Å². The molecule has 0 aromatic heterocycles. The Morgan fingerprint density at radius 1 is 1.04 bits per heavy atom. The minimum atomic E-state index is -1.60. The molecule has 0 aliphatic carbocycles. The van der Waals surface area contributed by atoms with Crippen molar-refractivity contribution >= 4 is 11.6 Å². The lowest BCUT2D eigenvalue weighted by atomic mass is 10.2. The number of benzene rings is 2. The molecule has 2 aromatic carbocycles. The zero-order valence-corrected chi connectivity index (χ0v) is 12.7. The van der Waals surface area contributed by atoms with Gasteiger partial charge in [0.25, 0.3) is 0 Å². The Bertz CT molecular complexity index is 677. The summed E-state index contributed by atoms with van der Waals surface area (Å²) < 4.78 is 39.6. The molecule has 2 aromatic rings. The number of rotatable bonds is 6. The Morgan fingerprint density at radius 3 is 2.39 bits per heavy atom. The number of anilines is 1. The lowest BCUT2D eigenvalue weighted by Gasteiger charge is -2.20. The molecule has 0 heterocycles. The molecule has 1 amide bonds. The van der Waals surface area contributed by atoms with Gasteiger partial charge in [-0.3, -0.25) is 9.69 Å². The molecule has 0 radical (unpaired) electrons. The van der Waals surface area contributed by atoms with E-state index in [-0.39, 0.29) is 12.2 Å². The summed E-state index contributed by atoms with van der Waals surface area (Å²) in [5.74, 6) is -4.78. The van der Waals surface area contributed by atoms with Crippen LogP contribution in [-0.2, 0) is 11.3 Å². The number of likely N-dealkylation sites (N-methyl/N-ethyl adjacent to an activating group) is 1. The van der Waals surface area contributed by atoms with Gasteiger partial charge < -0.3 is 5.32 Å². The lowest BCUT2D eigenvalue weighted by molar-refractivity contribution is -0.117. The van der Waals surface area contributed by atoms with Crippen molar-refractivity contribution in [3.05, 3.63) is 65.5 Å². The van der Waals surface area contributed by atoms with Gasteiger partial charge >= 0.3 is 0 Å². The molecule has 0 saturated heterocycles. The van der Waals surface area contributed by atoms with Gasteiger partial charge in [0.2, 0.25) is 5.91 Å². The predicted molar refractivity (Wildman–Crippen MR) is 82.3 cm³/mol. The van der Waals surface area contributed by atoms with Gasteiger partial charge in [-0.25, -0.2) is 13.2 Å². The maximum absolute atomic E-state index is 13.5. The first kappa shape index (κ1) is 17.0. The van der Waals surface area contributed by atoms with E-state index < -0.39 is 23.4 Å². The number of nitrogens with one attached hydrogen (secondary N) is 1. The second-order valence-corrected chi connectivity index (χ2v) is 5.06. The first-order valence-electron chi connectivity index (χ1n) is 7.21. The molecule has 122 valence electrons. The first-order valence-corrected chi connectivity index (χ1v) is 7.21. The monoisotopic (exact) mass is 322 g/mol. The predicted octanol–water partition coefficient (Wildman–Crippen LogP) is 3.56. The normalized spacial score (nSPS) is 10.8. The molecule has 1 N–H and O–H groups in total. The fourth-order valence-electron chi connectivity index (χ4n) is 2.14. The summed E-state index contributed by atoms with van der Waals surface area (Å²) in [6.07, 6.45) is 0. The summed E-state index contributed by atoms with van der Waals surface area (Å²) >= 11 is 0. The second-order valence-electron chi connectivity index (χ2n) is 5.06. The summed E-state index contributed by atoms with van der Waals surface area (Å²) in [5, 5.41) is 2.27. The lowest BCUT2D eigenvalue weighted by Crippen LogP contribution is -2.33. The van der Waals surface area contributed by atoms with E-state index >= 15 is 0 Å². The second kappa shape index (κ2) is 7.78. The Hall–Kier alpha value is -2.34. The van der Waals surface area contributed by atoms with Crippen molar-refractivity contribution < 1.29 is 18.0 Å². The molecule has 23 heavy (non-hydrogen) atoms. The van der Waals surface area contributed by atoms with Crippen LogP contribution < -0.4 is 5.32 Å². The molecule has 0 aliphatic heterocycles. The van der Waals surface area contributed by atoms with Crippen molar-refractivity contribution in [1.82, 2.24) is 4.90 Å². The average molecular weight is 322 g/mol. The smallest absolute Gasteiger partial charge is 0.238 e. The molecule has 0 atom stereocenters. The van der Waals surface area contributed by atoms with Crippen molar-refractivity contribution in [1.29, 1.82) is 0 Å². The number of hydrogen-bond acceptors (Lipinski definition) is 2. The molecule has 3 nitrogen and oxygen atoms in total. The fraction of sp³-hybridized carbons (Fsp3) is 0.235. The Balaban J connectivity index is 1.99. The number of hydrogen-bond donors (Lipinski definition) is 1. The van der Waals surface area contributed by atoms with Crippen LogP contribution in [0.5, 0.6) is 0 Å². The SMILES string of the molecule is CCN(CC(=O)Nc1ccc(F)c(F)c1F)Cc1ccccc1. The average Bonchev–Trinajstić information content (AvgIpc) is 2.56. The standard InChI is InChI=1S/C17H17F3N2O/c1-2-22(10-12-6-4-3-5-7-12)11-15(23)21-14-9-8-13(18)16(19)17(14)20/h3-9H,2,10-11H2,1H3,(H,21,23). The summed E-state index contributed by atoms with van der Waals surface area (Å²) in [6.45, 7) is 3.09. The van der Waals surface area contributed by atoms with E-state index in [9.17, 15) is 18.0 Å². The third kappa shape index (κ3) is 4.56.